The van der Waals surface area contributed by atoms with Gasteiger partial charge in [0.2, 0.25) is 5.91 Å². The summed E-state index contributed by atoms with van der Waals surface area (Å²) in [6.45, 7) is 4.59. The van der Waals surface area contributed by atoms with Gasteiger partial charge in [0.05, 0.1) is 39.9 Å². The Hall–Kier alpha value is -2.06. The lowest BCUT2D eigenvalue weighted by Gasteiger charge is -2.29. The van der Waals surface area contributed by atoms with E-state index in [-0.39, 0.29) is 12.5 Å². The Morgan fingerprint density at radius 3 is 1.35 bits per heavy atom. The second-order valence-electron chi connectivity index (χ2n) is 19.2. The van der Waals surface area contributed by atoms with E-state index in [0.717, 1.165) is 57.8 Å². The number of allylic oxidation sites excluding steroid dienone is 11. The predicted molar refractivity (Wildman–Crippen MR) is 279 cm³/mol. The number of carbonyl (C=O) groups is 1. The van der Waals surface area contributed by atoms with Gasteiger partial charge in [0, 0.05) is 6.42 Å². The lowest BCUT2D eigenvalue weighted by molar-refractivity contribution is -0.870. The fourth-order valence-electron chi connectivity index (χ4n) is 7.37. The van der Waals surface area contributed by atoms with Crippen LogP contribution in [-0.4, -0.2) is 68.5 Å². The van der Waals surface area contributed by atoms with E-state index in [1.165, 1.54) is 148 Å². The largest absolute Gasteiger partial charge is 0.756 e. The zero-order valence-electron chi connectivity index (χ0n) is 42.9. The average molecular weight is 931 g/mol. The average Bonchev–Trinajstić information content (AvgIpc) is 3.26. The third kappa shape index (κ3) is 49.7. The van der Waals surface area contributed by atoms with Crippen LogP contribution in [0, 0.1) is 0 Å². The van der Waals surface area contributed by atoms with E-state index >= 15 is 0 Å². The fourth-order valence-corrected chi connectivity index (χ4v) is 8.09. The maximum atomic E-state index is 12.9. The quantitative estimate of drug-likeness (QED) is 0.0272. The molecule has 0 radical (unpaired) electrons. The number of rotatable bonds is 48. The van der Waals surface area contributed by atoms with E-state index in [2.05, 4.69) is 79.9 Å². The molecule has 3 atom stereocenters. The lowest BCUT2D eigenvalue weighted by Crippen LogP contribution is -2.45. The van der Waals surface area contributed by atoms with Crippen LogP contribution in [0.5, 0.6) is 0 Å². The molecule has 0 saturated heterocycles. The fraction of sp³-hybridized carbons (Fsp3) is 0.768. The van der Waals surface area contributed by atoms with Gasteiger partial charge < -0.3 is 28.8 Å². The summed E-state index contributed by atoms with van der Waals surface area (Å²) in [6, 6.07) is -0.914. The Labute approximate surface area is 402 Å². The highest BCUT2D eigenvalue weighted by Crippen LogP contribution is 2.38. The molecule has 8 nitrogen and oxygen atoms in total. The van der Waals surface area contributed by atoms with Crippen molar-refractivity contribution in [3.05, 3.63) is 72.9 Å². The minimum Gasteiger partial charge on any atom is -0.756 e. The van der Waals surface area contributed by atoms with E-state index in [0.29, 0.717) is 17.4 Å². The first-order valence-electron chi connectivity index (χ1n) is 26.8. The highest BCUT2D eigenvalue weighted by atomic mass is 31.2. The van der Waals surface area contributed by atoms with Crippen LogP contribution in [0.25, 0.3) is 0 Å². The summed E-state index contributed by atoms with van der Waals surface area (Å²) in [5.74, 6) is -0.215. The number of quaternary nitrogens is 1. The topological polar surface area (TPSA) is 108 Å². The molecule has 0 aromatic rings. The molecule has 0 aromatic carbocycles. The summed E-state index contributed by atoms with van der Waals surface area (Å²) >= 11 is 0. The summed E-state index contributed by atoms with van der Waals surface area (Å²) in [4.78, 5) is 25.4. The van der Waals surface area contributed by atoms with Gasteiger partial charge >= 0.3 is 0 Å². The van der Waals surface area contributed by atoms with E-state index in [1.807, 2.05) is 27.2 Å². The molecule has 0 bridgehead atoms. The molecule has 65 heavy (non-hydrogen) atoms. The molecule has 0 spiro atoms. The van der Waals surface area contributed by atoms with Crippen LogP contribution in [-0.2, 0) is 18.4 Å². The van der Waals surface area contributed by atoms with Gasteiger partial charge in [0.15, 0.2) is 0 Å². The second kappa shape index (κ2) is 47.0. The third-order valence-corrected chi connectivity index (χ3v) is 12.6. The van der Waals surface area contributed by atoms with Crippen molar-refractivity contribution in [1.82, 2.24) is 5.32 Å². The lowest BCUT2D eigenvalue weighted by atomic mass is 10.0. The Bertz CT molecular complexity index is 1290. The predicted octanol–water partition coefficient (Wildman–Crippen LogP) is 15.3. The van der Waals surface area contributed by atoms with Crippen LogP contribution in [0.2, 0.25) is 0 Å². The monoisotopic (exact) mass is 931 g/mol. The molecule has 9 heteroatoms. The van der Waals surface area contributed by atoms with Gasteiger partial charge in [-0.1, -0.05) is 209 Å². The molecule has 3 unspecified atom stereocenters. The number of phosphoric ester groups is 1. The number of hydrogen-bond donors (Lipinski definition) is 2. The molecule has 0 aliphatic rings. The first-order chi connectivity index (χ1) is 31.5. The van der Waals surface area contributed by atoms with Crippen molar-refractivity contribution >= 4 is 13.7 Å². The van der Waals surface area contributed by atoms with Crippen LogP contribution in [0.3, 0.4) is 0 Å². The van der Waals surface area contributed by atoms with Crippen molar-refractivity contribution < 1.29 is 32.9 Å². The van der Waals surface area contributed by atoms with Crippen molar-refractivity contribution in [2.24, 2.45) is 0 Å². The van der Waals surface area contributed by atoms with Gasteiger partial charge in [-0.15, -0.1) is 0 Å². The summed E-state index contributed by atoms with van der Waals surface area (Å²) < 4.78 is 23.3. The molecule has 0 heterocycles. The molecular formula is C56H103N2O6P. The first-order valence-corrected chi connectivity index (χ1v) is 28.3. The molecule has 378 valence electrons. The van der Waals surface area contributed by atoms with E-state index in [1.54, 1.807) is 6.08 Å². The van der Waals surface area contributed by atoms with Gasteiger partial charge in [-0.3, -0.25) is 9.36 Å². The number of phosphoric acid groups is 1. The van der Waals surface area contributed by atoms with Crippen LogP contribution in [0.4, 0.5) is 0 Å². The zero-order chi connectivity index (χ0) is 47.8. The highest BCUT2D eigenvalue weighted by Gasteiger charge is 2.23. The number of carbonyl (C=O) groups excluding carboxylic acids is 1. The maximum Gasteiger partial charge on any atom is 0.268 e. The summed E-state index contributed by atoms with van der Waals surface area (Å²) in [5.41, 5.74) is 0. The Morgan fingerprint density at radius 2 is 0.908 bits per heavy atom. The maximum absolute atomic E-state index is 12.9. The third-order valence-electron chi connectivity index (χ3n) is 11.6. The van der Waals surface area contributed by atoms with Crippen LogP contribution in [0.15, 0.2) is 72.9 Å². The van der Waals surface area contributed by atoms with Gasteiger partial charge in [0.1, 0.15) is 13.2 Å². The standard InChI is InChI=1S/C56H103N2O6P/c1-6-8-10-12-14-16-18-20-22-24-25-26-27-28-29-30-31-32-33-34-36-38-40-42-44-46-48-50-56(60)57-54(53-64-65(61,62)63-52-51-58(3,4)5)55(59)49-47-45-43-41-39-37-35-23-21-19-17-15-13-11-9-7-2/h18,20-21,23-25,27-28,39,41,47,49,54-55,59H,6-17,19,22,26,29-38,40,42-46,48,50-53H2,1-5H3,(H-,57,60,61,62)/b20-18-,23-21+,25-24-,28-27-,41-39+,49-47+. The van der Waals surface area contributed by atoms with E-state index < -0.39 is 26.6 Å². The van der Waals surface area contributed by atoms with Gasteiger partial charge in [-0.05, 0) is 83.5 Å². The number of unbranched alkanes of at least 4 members (excludes halogenated alkanes) is 25. The van der Waals surface area contributed by atoms with Gasteiger partial charge in [-0.2, -0.15) is 0 Å². The SMILES string of the molecule is CCCCCCC/C=C\C/C=C\C/C=C\CCCCCCCCCCCCCCC(=O)NC(COP(=O)([O-])OCC[N+](C)(C)C)C(O)/C=C/CC/C=C/CC/C=C/CCCCCCCC. The normalized spacial score (nSPS) is 14.6. The number of aliphatic hydroxyl groups excluding tert-OH is 1. The number of aliphatic hydroxyl groups is 1. The Morgan fingerprint density at radius 1 is 0.538 bits per heavy atom. The van der Waals surface area contributed by atoms with Crippen molar-refractivity contribution in [3.8, 4) is 0 Å². The number of nitrogens with one attached hydrogen (secondary N) is 1. The number of nitrogens with zero attached hydrogens (tertiary/aromatic N) is 1. The molecule has 2 N–H and O–H groups in total. The van der Waals surface area contributed by atoms with E-state index in [4.69, 9.17) is 9.05 Å². The summed E-state index contributed by atoms with van der Waals surface area (Å²) in [7, 11) is 1.23. The molecular weight excluding hydrogens is 828 g/mol. The van der Waals surface area contributed by atoms with Gasteiger partial charge in [0.25, 0.3) is 7.82 Å². The molecule has 0 aliphatic heterocycles. The minimum atomic E-state index is -4.61. The van der Waals surface area contributed by atoms with Crippen molar-refractivity contribution in [1.29, 1.82) is 0 Å². The number of hydrogen-bond acceptors (Lipinski definition) is 6. The molecule has 0 aliphatic carbocycles. The minimum absolute atomic E-state index is 0.0119. The first kappa shape index (κ1) is 62.9. The smallest absolute Gasteiger partial charge is 0.268 e. The molecule has 0 aromatic heterocycles. The molecule has 1 amide bonds. The van der Waals surface area contributed by atoms with Crippen molar-refractivity contribution in [2.75, 3.05) is 40.9 Å². The highest BCUT2D eigenvalue weighted by molar-refractivity contribution is 7.45. The molecule has 0 rings (SSSR count). The molecule has 0 saturated carbocycles. The van der Waals surface area contributed by atoms with Crippen LogP contribution in [0.1, 0.15) is 226 Å². The van der Waals surface area contributed by atoms with Crippen molar-refractivity contribution in [2.45, 2.75) is 238 Å². The number of amides is 1. The summed E-state index contributed by atoms with van der Waals surface area (Å²) in [5, 5.41) is 13.8. The summed E-state index contributed by atoms with van der Waals surface area (Å²) in [6.07, 6.45) is 64.0. The molecule has 0 fully saturated rings. The van der Waals surface area contributed by atoms with E-state index in [9.17, 15) is 19.4 Å². The second-order valence-corrected chi connectivity index (χ2v) is 20.6. The van der Waals surface area contributed by atoms with Crippen LogP contribution >= 0.6 is 7.82 Å². The Balaban J connectivity index is 4.27. The Kier molecular flexibility index (Phi) is 45.5. The number of likely N-dealkylation sites (N-methyl/N-ethyl adjacent to an activating group) is 1. The van der Waals surface area contributed by atoms with Gasteiger partial charge in [-0.25, -0.2) is 0 Å². The van der Waals surface area contributed by atoms with Crippen molar-refractivity contribution in [3.63, 3.8) is 0 Å². The van der Waals surface area contributed by atoms with Crippen LogP contribution < -0.4 is 10.2 Å². The zero-order valence-corrected chi connectivity index (χ0v) is 43.8.